The van der Waals surface area contributed by atoms with E-state index in [0.29, 0.717) is 0 Å². The second kappa shape index (κ2) is 6.96. The molecule has 0 saturated heterocycles. The molecule has 3 rings (SSSR count). The highest BCUT2D eigenvalue weighted by atomic mass is 32.1. The van der Waals surface area contributed by atoms with E-state index in [9.17, 15) is 4.79 Å². The van der Waals surface area contributed by atoms with E-state index in [1.807, 2.05) is 11.6 Å². The molecule has 2 atom stereocenters. The van der Waals surface area contributed by atoms with Crippen LogP contribution < -0.4 is 10.6 Å². The van der Waals surface area contributed by atoms with Gasteiger partial charge in [0.25, 0.3) is 0 Å². The fraction of sp³-hybridized carbons (Fsp3) is 0.750. The van der Waals surface area contributed by atoms with Gasteiger partial charge in [-0.25, -0.2) is 9.78 Å². The van der Waals surface area contributed by atoms with Gasteiger partial charge in [-0.05, 0) is 25.7 Å². The largest absolute Gasteiger partial charge is 0.379 e. The number of carbonyl (C=O) groups is 1. The fourth-order valence-corrected chi connectivity index (χ4v) is 4.65. The highest BCUT2D eigenvalue weighted by Gasteiger charge is 2.40. The van der Waals surface area contributed by atoms with Gasteiger partial charge in [-0.3, -0.25) is 0 Å². The Balaban J connectivity index is 1.64. The van der Waals surface area contributed by atoms with Crippen molar-refractivity contribution < 1.29 is 9.53 Å². The maximum absolute atomic E-state index is 12.5. The number of thiazole rings is 1. The molecular weight excluding hydrogens is 298 g/mol. The van der Waals surface area contributed by atoms with Crippen molar-refractivity contribution in [3.63, 3.8) is 0 Å². The molecule has 0 bridgehead atoms. The molecular formula is C16H25N3O2S. The summed E-state index contributed by atoms with van der Waals surface area (Å²) in [6.45, 7) is 0. The lowest BCUT2D eigenvalue weighted by Gasteiger charge is -2.33. The predicted molar refractivity (Wildman–Crippen MR) is 87.0 cm³/mol. The average Bonchev–Trinajstić information content (AvgIpc) is 3.19. The molecule has 22 heavy (non-hydrogen) atoms. The molecule has 5 nitrogen and oxygen atoms in total. The molecule has 122 valence electrons. The minimum Gasteiger partial charge on any atom is -0.379 e. The van der Waals surface area contributed by atoms with Crippen LogP contribution in [0, 0.1) is 0 Å². The van der Waals surface area contributed by atoms with Crippen LogP contribution in [-0.2, 0) is 10.3 Å². The molecule has 6 heteroatoms. The summed E-state index contributed by atoms with van der Waals surface area (Å²) in [4.78, 5) is 17.0. The van der Waals surface area contributed by atoms with E-state index in [1.165, 1.54) is 6.42 Å². The molecule has 1 aromatic rings. The van der Waals surface area contributed by atoms with Crippen molar-refractivity contribution in [2.45, 2.75) is 69.1 Å². The first-order chi connectivity index (χ1) is 10.7. The Bertz CT molecular complexity index is 486. The molecule has 1 aromatic heterocycles. The summed E-state index contributed by atoms with van der Waals surface area (Å²) in [5.41, 5.74) is -0.268. The van der Waals surface area contributed by atoms with Gasteiger partial charge in [-0.15, -0.1) is 11.3 Å². The topological polar surface area (TPSA) is 63.2 Å². The summed E-state index contributed by atoms with van der Waals surface area (Å²) in [5.74, 6) is 0. The number of nitrogens with zero attached hydrogens (tertiary/aromatic N) is 1. The van der Waals surface area contributed by atoms with E-state index in [-0.39, 0.29) is 23.7 Å². The third kappa shape index (κ3) is 3.27. The van der Waals surface area contributed by atoms with Crippen LogP contribution in [0.25, 0.3) is 0 Å². The Morgan fingerprint density at radius 3 is 2.77 bits per heavy atom. The molecule has 1 heterocycles. The normalized spacial score (nSPS) is 27.5. The number of ether oxygens (including phenoxy) is 1. The minimum absolute atomic E-state index is 0.0777. The molecule has 0 spiro atoms. The molecule has 2 saturated carbocycles. The number of rotatable bonds is 4. The van der Waals surface area contributed by atoms with Crippen LogP contribution >= 0.6 is 11.3 Å². The van der Waals surface area contributed by atoms with Crippen molar-refractivity contribution in [3.05, 3.63) is 16.6 Å². The first kappa shape index (κ1) is 15.7. The summed E-state index contributed by atoms with van der Waals surface area (Å²) in [5, 5.41) is 9.38. The molecule has 2 N–H and O–H groups in total. The minimum atomic E-state index is -0.268. The Hall–Kier alpha value is -1.14. The van der Waals surface area contributed by atoms with Crippen LogP contribution in [-0.4, -0.2) is 30.3 Å². The number of amides is 2. The third-order valence-electron chi connectivity index (χ3n) is 4.97. The Morgan fingerprint density at radius 1 is 1.32 bits per heavy atom. The number of hydrogen-bond donors (Lipinski definition) is 2. The predicted octanol–water partition coefficient (Wildman–Crippen LogP) is 3.17. The zero-order valence-electron chi connectivity index (χ0n) is 13.1. The van der Waals surface area contributed by atoms with Crippen molar-refractivity contribution in [2.24, 2.45) is 0 Å². The van der Waals surface area contributed by atoms with Gasteiger partial charge in [0, 0.05) is 18.7 Å². The zero-order chi connectivity index (χ0) is 15.4. The summed E-state index contributed by atoms with van der Waals surface area (Å²) in [6.07, 6.45) is 10.6. The van der Waals surface area contributed by atoms with Gasteiger partial charge in [0.15, 0.2) is 0 Å². The second-order valence-corrected chi connectivity index (χ2v) is 7.28. The summed E-state index contributed by atoms with van der Waals surface area (Å²) in [6, 6.07) is 0.0412. The SMILES string of the molecule is COC1CCCCC1NC(=O)NC1(c2nccs2)CCCC1. The maximum Gasteiger partial charge on any atom is 0.315 e. The second-order valence-electron chi connectivity index (χ2n) is 6.39. The summed E-state index contributed by atoms with van der Waals surface area (Å²) in [7, 11) is 1.73. The number of urea groups is 1. The van der Waals surface area contributed by atoms with Crippen LogP contribution in [0.4, 0.5) is 4.79 Å². The number of hydrogen-bond acceptors (Lipinski definition) is 4. The molecule has 0 aliphatic heterocycles. The smallest absolute Gasteiger partial charge is 0.315 e. The van der Waals surface area contributed by atoms with E-state index in [4.69, 9.17) is 4.74 Å². The lowest BCUT2D eigenvalue weighted by Crippen LogP contribution is -2.54. The van der Waals surface area contributed by atoms with E-state index < -0.39 is 0 Å². The maximum atomic E-state index is 12.5. The highest BCUT2D eigenvalue weighted by Crippen LogP contribution is 2.39. The van der Waals surface area contributed by atoms with Crippen molar-refractivity contribution in [3.8, 4) is 0 Å². The number of methoxy groups -OCH3 is 1. The van der Waals surface area contributed by atoms with Crippen LogP contribution in [0.15, 0.2) is 11.6 Å². The van der Waals surface area contributed by atoms with E-state index in [0.717, 1.165) is 50.0 Å². The van der Waals surface area contributed by atoms with Gasteiger partial charge >= 0.3 is 6.03 Å². The molecule has 0 radical (unpaired) electrons. The highest BCUT2D eigenvalue weighted by molar-refractivity contribution is 7.09. The quantitative estimate of drug-likeness (QED) is 0.894. The fourth-order valence-electron chi connectivity index (χ4n) is 3.80. The Kier molecular flexibility index (Phi) is 4.98. The number of nitrogens with one attached hydrogen (secondary N) is 2. The van der Waals surface area contributed by atoms with Crippen LogP contribution in [0.2, 0.25) is 0 Å². The van der Waals surface area contributed by atoms with E-state index in [2.05, 4.69) is 15.6 Å². The molecule has 2 unspecified atom stereocenters. The van der Waals surface area contributed by atoms with Gasteiger partial charge in [0.05, 0.1) is 17.7 Å². The number of carbonyl (C=O) groups excluding carboxylic acids is 1. The van der Waals surface area contributed by atoms with Gasteiger partial charge in [0.1, 0.15) is 5.01 Å². The number of aromatic nitrogens is 1. The van der Waals surface area contributed by atoms with Gasteiger partial charge in [-0.2, -0.15) is 0 Å². The van der Waals surface area contributed by atoms with Crippen LogP contribution in [0.3, 0.4) is 0 Å². The van der Waals surface area contributed by atoms with Gasteiger partial charge in [-0.1, -0.05) is 25.7 Å². The third-order valence-corrected chi connectivity index (χ3v) is 5.95. The van der Waals surface area contributed by atoms with E-state index in [1.54, 1.807) is 18.4 Å². The molecule has 0 aromatic carbocycles. The molecule has 2 aliphatic rings. The van der Waals surface area contributed by atoms with Crippen molar-refractivity contribution in [2.75, 3.05) is 7.11 Å². The van der Waals surface area contributed by atoms with Crippen molar-refractivity contribution in [1.29, 1.82) is 0 Å². The lowest BCUT2D eigenvalue weighted by atomic mass is 9.92. The van der Waals surface area contributed by atoms with Crippen LogP contribution in [0.1, 0.15) is 56.4 Å². The Labute approximate surface area is 135 Å². The average molecular weight is 323 g/mol. The zero-order valence-corrected chi connectivity index (χ0v) is 14.0. The van der Waals surface area contributed by atoms with Gasteiger partial charge < -0.3 is 15.4 Å². The summed E-state index contributed by atoms with van der Waals surface area (Å²) >= 11 is 1.63. The molecule has 2 aliphatic carbocycles. The van der Waals surface area contributed by atoms with Crippen molar-refractivity contribution >= 4 is 17.4 Å². The van der Waals surface area contributed by atoms with Crippen molar-refractivity contribution in [1.82, 2.24) is 15.6 Å². The first-order valence-electron chi connectivity index (χ1n) is 8.25. The monoisotopic (exact) mass is 323 g/mol. The standard InChI is InChI=1S/C16H25N3O2S/c1-21-13-7-3-2-6-12(13)18-15(20)19-16(8-4-5-9-16)14-17-10-11-22-14/h10-13H,2-9H2,1H3,(H2,18,19,20). The van der Waals surface area contributed by atoms with E-state index >= 15 is 0 Å². The van der Waals surface area contributed by atoms with Crippen LogP contribution in [0.5, 0.6) is 0 Å². The first-order valence-corrected chi connectivity index (χ1v) is 9.13. The Morgan fingerprint density at radius 2 is 2.09 bits per heavy atom. The van der Waals surface area contributed by atoms with Gasteiger partial charge in [0.2, 0.25) is 0 Å². The lowest BCUT2D eigenvalue weighted by molar-refractivity contribution is 0.0447. The molecule has 2 fully saturated rings. The summed E-state index contributed by atoms with van der Waals surface area (Å²) < 4.78 is 5.52. The molecule has 2 amide bonds.